The average molecular weight is 224 g/mol. The van der Waals surface area contributed by atoms with E-state index < -0.39 is 5.97 Å². The van der Waals surface area contributed by atoms with Crippen LogP contribution in [0.1, 0.15) is 10.4 Å². The summed E-state index contributed by atoms with van der Waals surface area (Å²) in [6.07, 6.45) is 0. The minimum atomic E-state index is -0.443. The quantitative estimate of drug-likeness (QED) is 0.723. The molecule has 0 unspecified atom stereocenters. The van der Waals surface area contributed by atoms with E-state index in [-0.39, 0.29) is 0 Å². The fourth-order valence-electron chi connectivity index (χ4n) is 1.25. The van der Waals surface area contributed by atoms with Crippen molar-refractivity contribution in [2.45, 2.75) is 0 Å². The molecule has 5 nitrogen and oxygen atoms in total. The van der Waals surface area contributed by atoms with E-state index in [0.29, 0.717) is 22.3 Å². The van der Waals surface area contributed by atoms with Crippen LogP contribution in [0.2, 0.25) is 0 Å². The minimum absolute atomic E-state index is 0.361. The number of carbonyl (C=O) groups excluding carboxylic acids is 1. The van der Waals surface area contributed by atoms with Crippen LogP contribution in [0, 0.1) is 0 Å². The Morgan fingerprint density at radius 3 is 2.53 bits per heavy atom. The molecule has 0 bridgehead atoms. The maximum atomic E-state index is 11.4. The first-order valence-electron chi connectivity index (χ1n) is 4.15. The predicted molar refractivity (Wildman–Crippen MR) is 55.3 cm³/mol. The van der Waals surface area contributed by atoms with Gasteiger partial charge in [-0.15, -0.1) is 0 Å². The third kappa shape index (κ3) is 1.63. The van der Waals surface area contributed by atoms with Crippen molar-refractivity contribution in [3.8, 4) is 5.75 Å². The van der Waals surface area contributed by atoms with Gasteiger partial charge in [0.05, 0.1) is 25.9 Å². The molecule has 0 fully saturated rings. The topological polar surface area (TPSA) is 61.3 Å². The van der Waals surface area contributed by atoms with Crippen molar-refractivity contribution in [3.05, 3.63) is 17.7 Å². The van der Waals surface area contributed by atoms with Crippen molar-refractivity contribution < 1.29 is 14.3 Å². The summed E-state index contributed by atoms with van der Waals surface area (Å²) in [4.78, 5) is 11.4. The van der Waals surface area contributed by atoms with Gasteiger partial charge in [-0.2, -0.15) is 8.75 Å². The number of ether oxygens (including phenoxy) is 2. The van der Waals surface area contributed by atoms with Crippen LogP contribution in [0.4, 0.5) is 0 Å². The highest BCUT2D eigenvalue weighted by atomic mass is 32.1. The van der Waals surface area contributed by atoms with Crippen LogP contribution in [0.5, 0.6) is 5.75 Å². The van der Waals surface area contributed by atoms with Gasteiger partial charge in [0.15, 0.2) is 0 Å². The van der Waals surface area contributed by atoms with E-state index in [2.05, 4.69) is 13.5 Å². The van der Waals surface area contributed by atoms with Crippen molar-refractivity contribution in [1.29, 1.82) is 0 Å². The summed E-state index contributed by atoms with van der Waals surface area (Å²) in [7, 11) is 2.82. The molecule has 0 N–H and O–H groups in total. The van der Waals surface area contributed by atoms with Gasteiger partial charge in [0, 0.05) is 6.07 Å². The molecule has 6 heteroatoms. The van der Waals surface area contributed by atoms with E-state index in [1.165, 1.54) is 14.2 Å². The monoisotopic (exact) mass is 224 g/mol. The van der Waals surface area contributed by atoms with E-state index in [9.17, 15) is 4.79 Å². The number of fused-ring (bicyclic) bond motifs is 1. The number of aromatic nitrogens is 2. The van der Waals surface area contributed by atoms with Crippen molar-refractivity contribution in [2.24, 2.45) is 0 Å². The number of esters is 1. The number of hydrogen-bond donors (Lipinski definition) is 0. The molecule has 2 rings (SSSR count). The van der Waals surface area contributed by atoms with Gasteiger partial charge in [-0.1, -0.05) is 0 Å². The summed E-state index contributed by atoms with van der Waals surface area (Å²) in [5.74, 6) is 0.00352. The van der Waals surface area contributed by atoms with E-state index in [4.69, 9.17) is 4.74 Å². The number of hydrogen-bond acceptors (Lipinski definition) is 6. The second-order valence-electron chi connectivity index (χ2n) is 2.80. The Morgan fingerprint density at radius 1 is 1.27 bits per heavy atom. The lowest BCUT2D eigenvalue weighted by molar-refractivity contribution is 0.0597. The third-order valence-electron chi connectivity index (χ3n) is 1.98. The lowest BCUT2D eigenvalue weighted by Crippen LogP contribution is -2.03. The summed E-state index contributed by atoms with van der Waals surface area (Å²) in [5, 5.41) is 0. The Balaban J connectivity index is 2.64. The molecule has 0 saturated heterocycles. The van der Waals surface area contributed by atoms with Gasteiger partial charge in [0.1, 0.15) is 22.3 Å². The highest BCUT2D eigenvalue weighted by Gasteiger charge is 2.15. The Bertz CT molecular complexity index is 509. The van der Waals surface area contributed by atoms with E-state index in [0.717, 1.165) is 11.7 Å². The van der Waals surface area contributed by atoms with Crippen LogP contribution in [0.3, 0.4) is 0 Å². The molecule has 15 heavy (non-hydrogen) atoms. The van der Waals surface area contributed by atoms with Crippen LogP contribution >= 0.6 is 11.7 Å². The third-order valence-corrected chi connectivity index (χ3v) is 2.54. The smallest absolute Gasteiger partial charge is 0.341 e. The van der Waals surface area contributed by atoms with E-state index in [1.54, 1.807) is 12.1 Å². The van der Waals surface area contributed by atoms with E-state index in [1.807, 2.05) is 0 Å². The number of rotatable bonds is 2. The predicted octanol–water partition coefficient (Wildman–Crippen LogP) is 1.49. The molecular weight excluding hydrogens is 216 g/mol. The summed E-state index contributed by atoms with van der Waals surface area (Å²) >= 11 is 1.09. The normalized spacial score (nSPS) is 10.3. The van der Waals surface area contributed by atoms with Crippen molar-refractivity contribution in [1.82, 2.24) is 8.75 Å². The first-order chi connectivity index (χ1) is 7.26. The highest BCUT2D eigenvalue weighted by Crippen LogP contribution is 2.25. The molecule has 2 aromatic rings. The van der Waals surface area contributed by atoms with Crippen molar-refractivity contribution >= 4 is 28.7 Å². The van der Waals surface area contributed by atoms with Gasteiger partial charge in [0.25, 0.3) is 0 Å². The average Bonchev–Trinajstić information content (AvgIpc) is 2.73. The first kappa shape index (κ1) is 9.85. The Hall–Kier alpha value is -1.69. The maximum absolute atomic E-state index is 11.4. The molecule has 0 amide bonds. The minimum Gasteiger partial charge on any atom is -0.496 e. The zero-order chi connectivity index (χ0) is 10.8. The van der Waals surface area contributed by atoms with E-state index >= 15 is 0 Å². The summed E-state index contributed by atoms with van der Waals surface area (Å²) in [6, 6.07) is 3.29. The second-order valence-corrected chi connectivity index (χ2v) is 3.33. The molecule has 0 radical (unpaired) electrons. The second kappa shape index (κ2) is 3.82. The Kier molecular flexibility index (Phi) is 2.51. The molecular formula is C9H8N2O3S. The van der Waals surface area contributed by atoms with Crippen molar-refractivity contribution in [3.63, 3.8) is 0 Å². The van der Waals surface area contributed by atoms with Crippen LogP contribution < -0.4 is 4.74 Å². The molecule has 0 aliphatic rings. The van der Waals surface area contributed by atoms with Gasteiger partial charge in [0.2, 0.25) is 0 Å². The lowest BCUT2D eigenvalue weighted by Gasteiger charge is -2.05. The fourth-order valence-corrected chi connectivity index (χ4v) is 1.76. The SMILES string of the molecule is COC(=O)c1cc2nsnc2cc1OC. The van der Waals surface area contributed by atoms with Gasteiger partial charge in [-0.05, 0) is 6.07 Å². The van der Waals surface area contributed by atoms with Gasteiger partial charge < -0.3 is 9.47 Å². The lowest BCUT2D eigenvalue weighted by atomic mass is 10.2. The molecule has 78 valence electrons. The number of methoxy groups -OCH3 is 2. The number of carbonyl (C=O) groups is 1. The molecule has 0 spiro atoms. The molecule has 0 aliphatic heterocycles. The van der Waals surface area contributed by atoms with Gasteiger partial charge in [-0.3, -0.25) is 0 Å². The first-order valence-corrected chi connectivity index (χ1v) is 4.88. The Labute approximate surface area is 90.0 Å². The van der Waals surface area contributed by atoms with Crippen LogP contribution in [-0.4, -0.2) is 28.9 Å². The molecule has 0 saturated carbocycles. The molecule has 1 aromatic heterocycles. The van der Waals surface area contributed by atoms with Crippen LogP contribution in [0.25, 0.3) is 11.0 Å². The van der Waals surface area contributed by atoms with Crippen molar-refractivity contribution in [2.75, 3.05) is 14.2 Å². The van der Waals surface area contributed by atoms with Gasteiger partial charge >= 0.3 is 5.97 Å². The largest absolute Gasteiger partial charge is 0.496 e. The number of nitrogens with zero attached hydrogens (tertiary/aromatic N) is 2. The molecule has 0 aliphatic carbocycles. The standard InChI is InChI=1S/C9H8N2O3S/c1-13-8-4-7-6(10-15-11-7)3-5(8)9(12)14-2/h3-4H,1-2H3. The highest BCUT2D eigenvalue weighted by molar-refractivity contribution is 7.00. The zero-order valence-corrected chi connectivity index (χ0v) is 9.00. The zero-order valence-electron chi connectivity index (χ0n) is 8.18. The number of benzene rings is 1. The summed E-state index contributed by atoms with van der Waals surface area (Å²) in [6.45, 7) is 0. The molecule has 1 aromatic carbocycles. The maximum Gasteiger partial charge on any atom is 0.341 e. The van der Waals surface area contributed by atoms with Gasteiger partial charge in [-0.25, -0.2) is 4.79 Å². The molecule has 1 heterocycles. The van der Waals surface area contributed by atoms with Crippen LogP contribution in [-0.2, 0) is 4.74 Å². The Morgan fingerprint density at radius 2 is 1.93 bits per heavy atom. The fraction of sp³-hybridized carbons (Fsp3) is 0.222. The summed E-state index contributed by atoms with van der Waals surface area (Å²) in [5.41, 5.74) is 1.74. The van der Waals surface area contributed by atoms with Crippen LogP contribution in [0.15, 0.2) is 12.1 Å². The summed E-state index contributed by atoms with van der Waals surface area (Å²) < 4.78 is 17.8. The molecule has 0 atom stereocenters.